The monoisotopic (exact) mass is 956 g/mol. The number of nitrogens with one attached hydrogen (secondary N) is 3. The number of aryl methyl sites for hydroxylation is 2. The van der Waals surface area contributed by atoms with Crippen molar-refractivity contribution in [3.63, 3.8) is 0 Å². The molecule has 0 saturated carbocycles. The zero-order valence-electron chi connectivity index (χ0n) is 36.6. The summed E-state index contributed by atoms with van der Waals surface area (Å²) in [5.41, 5.74) is 4.78. The number of ether oxygens (including phenoxy) is 1. The fourth-order valence-corrected chi connectivity index (χ4v) is 11.7. The molecule has 1 atom stereocenters. The molecule has 0 aliphatic carbocycles. The summed E-state index contributed by atoms with van der Waals surface area (Å²) in [5.74, 6) is -1.31. The first kappa shape index (κ1) is 44.0. The molecule has 4 aliphatic heterocycles. The van der Waals surface area contributed by atoms with Crippen LogP contribution in [0.1, 0.15) is 62.4 Å². The number of likely N-dealkylation sites (tertiary alicyclic amines) is 1. The second-order valence-electron chi connectivity index (χ2n) is 17.9. The van der Waals surface area contributed by atoms with Gasteiger partial charge in [-0.2, -0.15) is 4.98 Å². The first-order chi connectivity index (χ1) is 30.6. The lowest BCUT2D eigenvalue weighted by Gasteiger charge is -2.63. The standard InChI is InChI=1S/C46H52BrF2N10O4P/c1-6-26-16-36(54-45-51-21-31(47)43(56-45)53-35-10-9-34-30(42(35)64(4,5)62)20-50-39(7-2)52-34)38(63-3)19-37(26)57-14-12-27(13-15-57)58-22-46(23-58)24-59(25-46)28-17-32(48)41(33(49)18-28)29-8-11-40(60)55-44(29)61/h9-10,16-21,27,29H,6-8,11-15,22-25H2,1-5H3,(H,55,60,61)(H2,51,53,54,56)/t29-/m1/s1. The van der Waals surface area contributed by atoms with E-state index >= 15 is 8.78 Å². The zero-order chi connectivity index (χ0) is 45.1. The van der Waals surface area contributed by atoms with Gasteiger partial charge in [0.1, 0.15) is 36.2 Å². The minimum Gasteiger partial charge on any atom is -0.494 e. The predicted octanol–water partition coefficient (Wildman–Crippen LogP) is 7.64. The van der Waals surface area contributed by atoms with Gasteiger partial charge in [-0.15, -0.1) is 0 Å². The van der Waals surface area contributed by atoms with Crippen LogP contribution < -0.4 is 35.8 Å². The quantitative estimate of drug-likeness (QED) is 0.0829. The lowest BCUT2D eigenvalue weighted by atomic mass is 9.71. The molecule has 0 radical (unpaired) electrons. The highest BCUT2D eigenvalue weighted by molar-refractivity contribution is 9.10. The van der Waals surface area contributed by atoms with Crippen LogP contribution in [0.2, 0.25) is 0 Å². The summed E-state index contributed by atoms with van der Waals surface area (Å²) >= 11 is 3.60. The number of rotatable bonds is 12. The Kier molecular flexibility index (Phi) is 11.9. The third-order valence-electron chi connectivity index (χ3n) is 13.1. The predicted molar refractivity (Wildman–Crippen MR) is 250 cm³/mol. The van der Waals surface area contributed by atoms with Gasteiger partial charge in [0, 0.05) is 110 Å². The van der Waals surface area contributed by atoms with Gasteiger partial charge in [0.25, 0.3) is 0 Å². The number of methoxy groups -OCH3 is 1. The van der Waals surface area contributed by atoms with Crippen molar-refractivity contribution in [3.8, 4) is 5.75 Å². The maximum atomic E-state index is 15.2. The molecule has 18 heteroatoms. The molecule has 3 aromatic carbocycles. The average molecular weight is 958 g/mol. The first-order valence-corrected chi connectivity index (χ1v) is 25.2. The summed E-state index contributed by atoms with van der Waals surface area (Å²) in [6.07, 6.45) is 7.13. The Hall–Kier alpha value is -5.25. The molecule has 336 valence electrons. The molecule has 64 heavy (non-hydrogen) atoms. The molecule has 0 bridgehead atoms. The van der Waals surface area contributed by atoms with Gasteiger partial charge < -0.3 is 29.7 Å². The van der Waals surface area contributed by atoms with Crippen molar-refractivity contribution in [2.45, 2.75) is 64.3 Å². The van der Waals surface area contributed by atoms with E-state index in [0.717, 1.165) is 86.6 Å². The number of benzene rings is 3. The van der Waals surface area contributed by atoms with E-state index in [1.165, 1.54) is 17.7 Å². The minimum atomic E-state index is -2.79. The van der Waals surface area contributed by atoms with E-state index in [4.69, 9.17) is 9.72 Å². The lowest BCUT2D eigenvalue weighted by Crippen LogP contribution is -2.74. The van der Waals surface area contributed by atoms with Gasteiger partial charge in [-0.25, -0.2) is 23.7 Å². The molecule has 2 amide bonds. The summed E-state index contributed by atoms with van der Waals surface area (Å²) in [4.78, 5) is 49.4. The van der Waals surface area contributed by atoms with E-state index in [1.54, 1.807) is 32.8 Å². The summed E-state index contributed by atoms with van der Waals surface area (Å²) in [7, 11) is -1.13. The summed E-state index contributed by atoms with van der Waals surface area (Å²) < 4.78 is 50.7. The Morgan fingerprint density at radius 2 is 1.64 bits per heavy atom. The van der Waals surface area contributed by atoms with Crippen molar-refractivity contribution >= 4 is 85.6 Å². The van der Waals surface area contributed by atoms with Crippen LogP contribution in [0.4, 0.5) is 43.3 Å². The highest BCUT2D eigenvalue weighted by Crippen LogP contribution is 2.46. The number of carbonyl (C=O) groups is 2. The van der Waals surface area contributed by atoms with Crippen molar-refractivity contribution in [1.82, 2.24) is 30.2 Å². The second-order valence-corrected chi connectivity index (χ2v) is 21.9. The van der Waals surface area contributed by atoms with Crippen molar-refractivity contribution in [3.05, 3.63) is 81.9 Å². The Bertz CT molecular complexity index is 2690. The van der Waals surface area contributed by atoms with E-state index in [2.05, 4.69) is 75.7 Å². The highest BCUT2D eigenvalue weighted by Gasteiger charge is 2.53. The van der Waals surface area contributed by atoms with Crippen molar-refractivity contribution in [1.29, 1.82) is 0 Å². The van der Waals surface area contributed by atoms with Crippen LogP contribution in [0.15, 0.2) is 53.3 Å². The van der Waals surface area contributed by atoms with Crippen LogP contribution >= 0.6 is 23.1 Å². The van der Waals surface area contributed by atoms with Gasteiger partial charge in [-0.1, -0.05) is 13.8 Å². The molecule has 14 nitrogen and oxygen atoms in total. The number of nitrogens with zero attached hydrogens (tertiary/aromatic N) is 7. The van der Waals surface area contributed by atoms with Gasteiger partial charge in [0.05, 0.1) is 34.4 Å². The van der Waals surface area contributed by atoms with Crippen molar-refractivity contribution < 1.29 is 27.7 Å². The number of imide groups is 1. The number of fused-ring (bicyclic) bond motifs is 1. The minimum absolute atomic E-state index is 0.0594. The normalized spacial score (nSPS) is 19.1. The largest absolute Gasteiger partial charge is 0.494 e. The van der Waals surface area contributed by atoms with E-state index in [-0.39, 0.29) is 23.8 Å². The maximum Gasteiger partial charge on any atom is 0.234 e. The van der Waals surface area contributed by atoms with Crippen LogP contribution in [0.3, 0.4) is 0 Å². The highest BCUT2D eigenvalue weighted by atomic mass is 79.9. The molecule has 5 aromatic rings. The number of halogens is 3. The third-order valence-corrected chi connectivity index (χ3v) is 15.3. The Balaban J connectivity index is 0.827. The second kappa shape index (κ2) is 17.3. The molecule has 1 spiro atoms. The maximum absolute atomic E-state index is 15.2. The molecule has 4 saturated heterocycles. The third kappa shape index (κ3) is 8.42. The van der Waals surface area contributed by atoms with Gasteiger partial charge in [0.15, 0.2) is 0 Å². The van der Waals surface area contributed by atoms with E-state index in [9.17, 15) is 14.2 Å². The van der Waals surface area contributed by atoms with E-state index in [1.807, 2.05) is 24.0 Å². The van der Waals surface area contributed by atoms with Gasteiger partial charge in [-0.3, -0.25) is 19.8 Å². The molecule has 6 heterocycles. The van der Waals surface area contributed by atoms with Crippen LogP contribution in [-0.4, -0.2) is 102 Å². The molecule has 3 N–H and O–H groups in total. The fourth-order valence-electron chi connectivity index (χ4n) is 9.95. The molecule has 0 unspecified atom stereocenters. The van der Waals surface area contributed by atoms with Crippen LogP contribution in [-0.2, 0) is 27.0 Å². The van der Waals surface area contributed by atoms with Crippen LogP contribution in [0, 0.1) is 17.0 Å². The number of hydrogen-bond acceptors (Lipinski definition) is 13. The van der Waals surface area contributed by atoms with Crippen molar-refractivity contribution in [2.24, 2.45) is 5.41 Å². The average Bonchev–Trinajstić information content (AvgIpc) is 3.23. The van der Waals surface area contributed by atoms with Gasteiger partial charge >= 0.3 is 0 Å². The number of hydrogen-bond donors (Lipinski definition) is 3. The zero-order valence-corrected chi connectivity index (χ0v) is 39.1. The molecule has 2 aromatic heterocycles. The molecular formula is C46H52BrF2N10O4P. The smallest absolute Gasteiger partial charge is 0.234 e. The molecular weight excluding hydrogens is 905 g/mol. The van der Waals surface area contributed by atoms with Gasteiger partial charge in [0.2, 0.25) is 17.8 Å². The number of amides is 2. The Labute approximate surface area is 379 Å². The Morgan fingerprint density at radius 3 is 2.30 bits per heavy atom. The molecule has 9 rings (SSSR count). The van der Waals surface area contributed by atoms with E-state index in [0.29, 0.717) is 51.1 Å². The Morgan fingerprint density at radius 1 is 0.906 bits per heavy atom. The number of aromatic nitrogens is 4. The summed E-state index contributed by atoms with van der Waals surface area (Å²) in [6.45, 7) is 12.8. The topological polar surface area (TPSA) is 158 Å². The lowest BCUT2D eigenvalue weighted by molar-refractivity contribution is -0.134. The number of anilines is 6. The SMILES string of the molecule is CCc1ncc2c(P(C)(C)=O)c(Nc3nc(Nc4cc(CC)c(N5CCC(N6CC7(CN(c8cc(F)c([C@H]9CCC(=O)NC9=O)c(F)c8)C7)C6)CC5)cc4OC)ncc3Br)ccc2n1. The van der Waals surface area contributed by atoms with Crippen molar-refractivity contribution in [2.75, 3.05) is 80.1 Å². The molecule has 4 fully saturated rings. The van der Waals surface area contributed by atoms with Crippen LogP contribution in [0.25, 0.3) is 10.9 Å². The summed E-state index contributed by atoms with van der Waals surface area (Å²) in [6, 6.07) is 11.1. The number of piperidine rings is 2. The fraction of sp³-hybridized carbons (Fsp3) is 0.435. The van der Waals surface area contributed by atoms with Gasteiger partial charge in [-0.05, 0) is 90.8 Å². The molecule has 4 aliphatic rings. The first-order valence-electron chi connectivity index (χ1n) is 21.8. The number of carbonyl (C=O) groups excluding carboxylic acids is 2. The van der Waals surface area contributed by atoms with Crippen LogP contribution in [0.5, 0.6) is 5.75 Å². The van der Waals surface area contributed by atoms with E-state index < -0.39 is 36.5 Å². The summed E-state index contributed by atoms with van der Waals surface area (Å²) in [5, 5.41) is 10.4.